The number of phenols is 1. The van der Waals surface area contributed by atoms with Crippen LogP contribution in [0.15, 0.2) is 24.3 Å². The van der Waals surface area contributed by atoms with E-state index in [1.54, 1.807) is 31.4 Å². The van der Waals surface area contributed by atoms with Gasteiger partial charge in [-0.1, -0.05) is 0 Å². The second-order valence-electron chi connectivity index (χ2n) is 2.31. The third-order valence-corrected chi connectivity index (χ3v) is 1.26. The second-order valence-corrected chi connectivity index (χ2v) is 2.31. The number of methoxy groups -OCH3 is 1. The largest absolute Gasteiger partial charge is 0.508 e. The van der Waals surface area contributed by atoms with Crippen LogP contribution in [0.5, 0.6) is 11.5 Å². The lowest BCUT2D eigenvalue weighted by Crippen LogP contribution is -2.09. The van der Waals surface area contributed by atoms with E-state index in [0.717, 1.165) is 5.75 Å². The number of aliphatic carboxylic acids is 2. The highest BCUT2D eigenvalue weighted by Gasteiger charge is 2.04. The quantitative estimate of drug-likeness (QED) is 0.590. The van der Waals surface area contributed by atoms with Gasteiger partial charge in [0.2, 0.25) is 0 Å². The SMILES string of the molecule is COc1ccc(O)cc1.O=C(O)C(=O)O. The fraction of sp³-hybridized carbons (Fsp3) is 0.111. The van der Waals surface area contributed by atoms with Crippen molar-refractivity contribution in [1.29, 1.82) is 0 Å². The van der Waals surface area contributed by atoms with E-state index in [0.29, 0.717) is 0 Å². The highest BCUT2D eigenvalue weighted by atomic mass is 16.5. The highest BCUT2D eigenvalue weighted by Crippen LogP contribution is 2.14. The molecule has 0 radical (unpaired) electrons. The minimum atomic E-state index is -1.82. The Bertz CT molecular complexity index is 317. The summed E-state index contributed by atoms with van der Waals surface area (Å²) in [4.78, 5) is 18.2. The molecule has 1 aromatic carbocycles. The van der Waals surface area contributed by atoms with E-state index >= 15 is 0 Å². The zero-order chi connectivity index (χ0) is 11.8. The van der Waals surface area contributed by atoms with Crippen molar-refractivity contribution < 1.29 is 29.6 Å². The third-order valence-electron chi connectivity index (χ3n) is 1.26. The lowest BCUT2D eigenvalue weighted by atomic mass is 10.3. The van der Waals surface area contributed by atoms with Gasteiger partial charge >= 0.3 is 11.9 Å². The minimum absolute atomic E-state index is 0.260. The van der Waals surface area contributed by atoms with E-state index in [4.69, 9.17) is 29.6 Å². The molecule has 1 aromatic rings. The Morgan fingerprint density at radius 1 is 1.07 bits per heavy atom. The van der Waals surface area contributed by atoms with Crippen molar-refractivity contribution in [3.8, 4) is 11.5 Å². The molecule has 0 bridgehead atoms. The van der Waals surface area contributed by atoms with Gasteiger partial charge in [-0.2, -0.15) is 0 Å². The summed E-state index contributed by atoms with van der Waals surface area (Å²) in [5, 5.41) is 23.6. The van der Waals surface area contributed by atoms with Gasteiger partial charge in [0, 0.05) is 0 Å². The maximum absolute atomic E-state index is 9.10. The van der Waals surface area contributed by atoms with Crippen LogP contribution in [-0.2, 0) is 9.59 Å². The zero-order valence-electron chi connectivity index (χ0n) is 7.88. The molecule has 0 aliphatic heterocycles. The Labute approximate surface area is 85.4 Å². The summed E-state index contributed by atoms with van der Waals surface area (Å²) in [6.07, 6.45) is 0. The zero-order valence-corrected chi connectivity index (χ0v) is 7.88. The maximum Gasteiger partial charge on any atom is 0.414 e. The van der Waals surface area contributed by atoms with Crippen LogP contribution in [0.1, 0.15) is 0 Å². The molecule has 0 heterocycles. The van der Waals surface area contributed by atoms with Crippen LogP contribution in [0.3, 0.4) is 0 Å². The molecule has 6 nitrogen and oxygen atoms in total. The molecule has 0 unspecified atom stereocenters. The van der Waals surface area contributed by atoms with Crippen LogP contribution < -0.4 is 4.74 Å². The average molecular weight is 214 g/mol. The van der Waals surface area contributed by atoms with Crippen molar-refractivity contribution in [2.24, 2.45) is 0 Å². The van der Waals surface area contributed by atoms with Crippen molar-refractivity contribution in [3.05, 3.63) is 24.3 Å². The first-order chi connectivity index (χ1) is 6.97. The van der Waals surface area contributed by atoms with Gasteiger partial charge in [-0.05, 0) is 24.3 Å². The Morgan fingerprint density at radius 2 is 1.47 bits per heavy atom. The van der Waals surface area contributed by atoms with Crippen molar-refractivity contribution in [2.45, 2.75) is 0 Å². The van der Waals surface area contributed by atoms with Crippen molar-refractivity contribution >= 4 is 11.9 Å². The number of hydrogen-bond donors (Lipinski definition) is 3. The first kappa shape index (κ1) is 12.8. The molecule has 82 valence electrons. The predicted octanol–water partition coefficient (Wildman–Crippen LogP) is 0.556. The topological polar surface area (TPSA) is 104 Å². The summed E-state index contributed by atoms with van der Waals surface area (Å²) in [6, 6.07) is 6.57. The third kappa shape index (κ3) is 5.92. The van der Waals surface area contributed by atoms with E-state index in [1.165, 1.54) is 0 Å². The van der Waals surface area contributed by atoms with Crippen LogP contribution in [0, 0.1) is 0 Å². The molecule has 0 fully saturated rings. The van der Waals surface area contributed by atoms with Crippen molar-refractivity contribution in [1.82, 2.24) is 0 Å². The number of hydrogen-bond acceptors (Lipinski definition) is 4. The van der Waals surface area contributed by atoms with Crippen LogP contribution >= 0.6 is 0 Å². The lowest BCUT2D eigenvalue weighted by Gasteiger charge is -1.96. The number of carboxylic acid groups (broad SMARTS) is 2. The Morgan fingerprint density at radius 3 is 1.73 bits per heavy atom. The number of carboxylic acids is 2. The summed E-state index contributed by atoms with van der Waals surface area (Å²) >= 11 is 0. The summed E-state index contributed by atoms with van der Waals surface area (Å²) in [6.45, 7) is 0. The van der Waals surface area contributed by atoms with Crippen LogP contribution in [0.25, 0.3) is 0 Å². The van der Waals surface area contributed by atoms with E-state index < -0.39 is 11.9 Å². The first-order valence-electron chi connectivity index (χ1n) is 3.76. The van der Waals surface area contributed by atoms with Gasteiger partial charge in [0.25, 0.3) is 0 Å². The molecule has 15 heavy (non-hydrogen) atoms. The smallest absolute Gasteiger partial charge is 0.414 e. The Kier molecular flexibility index (Phi) is 5.32. The van der Waals surface area contributed by atoms with Gasteiger partial charge in [-0.15, -0.1) is 0 Å². The van der Waals surface area contributed by atoms with E-state index in [9.17, 15) is 0 Å². The fourth-order valence-corrected chi connectivity index (χ4v) is 0.582. The number of phenolic OH excluding ortho intramolecular Hbond substituents is 1. The Balaban J connectivity index is 0.000000288. The molecular weight excluding hydrogens is 204 g/mol. The molecular formula is C9H10O6. The standard InChI is InChI=1S/C7H8O2.C2H2O4/c1-9-7-4-2-6(8)3-5-7;3-1(4)2(5)6/h2-5,8H,1H3;(H,3,4)(H,5,6). The number of benzene rings is 1. The predicted molar refractivity (Wildman–Crippen MR) is 49.9 cm³/mol. The molecule has 0 spiro atoms. The van der Waals surface area contributed by atoms with Gasteiger partial charge in [-0.3, -0.25) is 0 Å². The first-order valence-corrected chi connectivity index (χ1v) is 3.76. The summed E-state index contributed by atoms with van der Waals surface area (Å²) in [5.41, 5.74) is 0. The van der Waals surface area contributed by atoms with E-state index in [1.807, 2.05) is 0 Å². The molecule has 0 saturated heterocycles. The fourth-order valence-electron chi connectivity index (χ4n) is 0.582. The van der Waals surface area contributed by atoms with Crippen LogP contribution in [-0.4, -0.2) is 34.4 Å². The van der Waals surface area contributed by atoms with Crippen LogP contribution in [0.4, 0.5) is 0 Å². The highest BCUT2D eigenvalue weighted by molar-refractivity contribution is 6.27. The molecule has 0 aliphatic rings. The number of aromatic hydroxyl groups is 1. The molecule has 3 N–H and O–H groups in total. The number of rotatable bonds is 1. The lowest BCUT2D eigenvalue weighted by molar-refractivity contribution is -0.159. The molecule has 0 aromatic heterocycles. The molecule has 0 aliphatic carbocycles. The number of ether oxygens (including phenoxy) is 1. The molecule has 1 rings (SSSR count). The van der Waals surface area contributed by atoms with E-state index in [2.05, 4.69) is 0 Å². The molecule has 0 amide bonds. The van der Waals surface area contributed by atoms with Crippen molar-refractivity contribution in [2.75, 3.05) is 7.11 Å². The van der Waals surface area contributed by atoms with Crippen LogP contribution in [0.2, 0.25) is 0 Å². The Hall–Kier alpha value is -2.24. The van der Waals surface area contributed by atoms with Gasteiger partial charge in [0.1, 0.15) is 11.5 Å². The number of carbonyl (C=O) groups is 2. The normalized spacial score (nSPS) is 8.33. The second kappa shape index (κ2) is 6.25. The molecule has 6 heteroatoms. The average Bonchev–Trinajstić information content (AvgIpc) is 2.20. The molecule has 0 atom stereocenters. The molecule has 0 saturated carbocycles. The van der Waals surface area contributed by atoms with Gasteiger partial charge in [0.05, 0.1) is 7.11 Å². The summed E-state index contributed by atoms with van der Waals surface area (Å²) in [5.74, 6) is -2.63. The maximum atomic E-state index is 9.10. The van der Waals surface area contributed by atoms with Crippen molar-refractivity contribution in [3.63, 3.8) is 0 Å². The van der Waals surface area contributed by atoms with Gasteiger partial charge in [-0.25, -0.2) is 9.59 Å². The monoisotopic (exact) mass is 214 g/mol. The summed E-state index contributed by atoms with van der Waals surface area (Å²) < 4.78 is 4.86. The minimum Gasteiger partial charge on any atom is -0.508 e. The van der Waals surface area contributed by atoms with Gasteiger partial charge < -0.3 is 20.1 Å². The summed E-state index contributed by atoms with van der Waals surface area (Å²) in [7, 11) is 1.59. The van der Waals surface area contributed by atoms with Gasteiger partial charge in [0.15, 0.2) is 0 Å². The van der Waals surface area contributed by atoms with E-state index in [-0.39, 0.29) is 5.75 Å².